The smallest absolute Gasteiger partial charge is 0.123 e. The molecule has 0 radical (unpaired) electrons. The second kappa shape index (κ2) is 6.23. The van der Waals surface area contributed by atoms with Gasteiger partial charge in [-0.05, 0) is 56.0 Å². The lowest BCUT2D eigenvalue weighted by molar-refractivity contribution is -0.0366. The van der Waals surface area contributed by atoms with E-state index in [4.69, 9.17) is 16.3 Å². The molecular weight excluding hydrogens is 289 g/mol. The first-order valence-corrected chi connectivity index (χ1v) is 8.20. The molecule has 116 valence electrons. The molecule has 1 saturated heterocycles. The number of ether oxygens (including phenoxy) is 1. The van der Waals surface area contributed by atoms with E-state index in [1.807, 2.05) is 7.11 Å². The Hall–Kier alpha value is -0.640. The maximum atomic E-state index is 13.4. The standard InChI is InChI=1S/C17H23ClFNO/c1-21-16-4-2-7-17(16)8-3-9-20(12-17)11-13-10-14(19)5-6-15(13)18/h5-6,10,16H,2-4,7-9,11-12H2,1H3/t16-,17-/m1/s1. The summed E-state index contributed by atoms with van der Waals surface area (Å²) >= 11 is 6.20. The van der Waals surface area contributed by atoms with Crippen molar-refractivity contribution in [3.05, 3.63) is 34.6 Å². The van der Waals surface area contributed by atoms with Crippen LogP contribution in [0.2, 0.25) is 5.02 Å². The molecular formula is C17H23ClFNO. The van der Waals surface area contributed by atoms with Crippen molar-refractivity contribution >= 4 is 11.6 Å². The number of methoxy groups -OCH3 is 1. The van der Waals surface area contributed by atoms with Crippen LogP contribution < -0.4 is 0 Å². The van der Waals surface area contributed by atoms with Crippen molar-refractivity contribution in [3.8, 4) is 0 Å². The molecule has 0 bridgehead atoms. The molecule has 2 atom stereocenters. The zero-order chi connectivity index (χ0) is 14.9. The molecule has 2 fully saturated rings. The van der Waals surface area contributed by atoms with E-state index in [0.29, 0.717) is 16.5 Å². The second-order valence-electron chi connectivity index (χ2n) is 6.53. The summed E-state index contributed by atoms with van der Waals surface area (Å²) in [7, 11) is 1.83. The number of rotatable bonds is 3. The molecule has 2 nitrogen and oxygen atoms in total. The number of halogens is 2. The predicted molar refractivity (Wildman–Crippen MR) is 83.0 cm³/mol. The highest BCUT2D eigenvalue weighted by Crippen LogP contribution is 2.46. The normalized spacial score (nSPS) is 30.1. The summed E-state index contributed by atoms with van der Waals surface area (Å²) in [6.07, 6.45) is 6.49. The van der Waals surface area contributed by atoms with Crippen LogP contribution in [0.1, 0.15) is 37.7 Å². The van der Waals surface area contributed by atoms with Gasteiger partial charge in [-0.15, -0.1) is 0 Å². The van der Waals surface area contributed by atoms with Crippen LogP contribution in [0.4, 0.5) is 4.39 Å². The highest BCUT2D eigenvalue weighted by atomic mass is 35.5. The molecule has 0 N–H and O–H groups in total. The van der Waals surface area contributed by atoms with Gasteiger partial charge in [-0.1, -0.05) is 18.0 Å². The van der Waals surface area contributed by atoms with E-state index in [0.717, 1.165) is 25.2 Å². The lowest BCUT2D eigenvalue weighted by Gasteiger charge is -2.43. The zero-order valence-electron chi connectivity index (χ0n) is 12.6. The number of hydrogen-bond donors (Lipinski definition) is 0. The predicted octanol–water partition coefficient (Wildman–Crippen LogP) is 4.26. The Morgan fingerprint density at radius 1 is 1.38 bits per heavy atom. The van der Waals surface area contributed by atoms with Crippen molar-refractivity contribution in [2.45, 2.75) is 44.8 Å². The van der Waals surface area contributed by atoms with Crippen molar-refractivity contribution in [1.82, 2.24) is 4.90 Å². The molecule has 1 aromatic rings. The summed E-state index contributed by atoms with van der Waals surface area (Å²) in [4.78, 5) is 2.42. The molecule has 0 unspecified atom stereocenters. The fraction of sp³-hybridized carbons (Fsp3) is 0.647. The van der Waals surface area contributed by atoms with E-state index in [-0.39, 0.29) is 5.82 Å². The number of piperidine rings is 1. The van der Waals surface area contributed by atoms with Gasteiger partial charge >= 0.3 is 0 Å². The van der Waals surface area contributed by atoms with Gasteiger partial charge in [0, 0.05) is 30.6 Å². The van der Waals surface area contributed by atoms with E-state index in [9.17, 15) is 4.39 Å². The van der Waals surface area contributed by atoms with Gasteiger partial charge in [0.15, 0.2) is 0 Å². The quantitative estimate of drug-likeness (QED) is 0.827. The van der Waals surface area contributed by atoms with Crippen molar-refractivity contribution in [2.75, 3.05) is 20.2 Å². The maximum Gasteiger partial charge on any atom is 0.123 e. The van der Waals surface area contributed by atoms with E-state index in [1.165, 1.54) is 38.2 Å². The van der Waals surface area contributed by atoms with Gasteiger partial charge in [0.2, 0.25) is 0 Å². The molecule has 1 spiro atoms. The highest BCUT2D eigenvalue weighted by molar-refractivity contribution is 6.31. The molecule has 0 amide bonds. The summed E-state index contributed by atoms with van der Waals surface area (Å²) < 4.78 is 19.1. The summed E-state index contributed by atoms with van der Waals surface area (Å²) in [5, 5.41) is 0.658. The van der Waals surface area contributed by atoms with Crippen LogP contribution in [0.15, 0.2) is 18.2 Å². The van der Waals surface area contributed by atoms with Gasteiger partial charge in [0.1, 0.15) is 5.82 Å². The summed E-state index contributed by atoms with van der Waals surface area (Å²) in [5.74, 6) is -0.211. The maximum absolute atomic E-state index is 13.4. The van der Waals surface area contributed by atoms with E-state index in [2.05, 4.69) is 4.90 Å². The first-order chi connectivity index (χ1) is 10.1. The second-order valence-corrected chi connectivity index (χ2v) is 6.94. The summed E-state index contributed by atoms with van der Waals surface area (Å²) in [5.41, 5.74) is 1.19. The Bertz CT molecular complexity index is 510. The van der Waals surface area contributed by atoms with E-state index >= 15 is 0 Å². The van der Waals surface area contributed by atoms with Crippen molar-refractivity contribution < 1.29 is 9.13 Å². The number of hydrogen-bond acceptors (Lipinski definition) is 2. The monoisotopic (exact) mass is 311 g/mol. The third kappa shape index (κ3) is 3.10. The molecule has 1 heterocycles. The van der Waals surface area contributed by atoms with Gasteiger partial charge in [-0.3, -0.25) is 4.90 Å². The summed E-state index contributed by atoms with van der Waals surface area (Å²) in [6.45, 7) is 2.83. The third-order valence-corrected chi connectivity index (χ3v) is 5.57. The van der Waals surface area contributed by atoms with Crippen LogP contribution in [0.3, 0.4) is 0 Å². The average Bonchev–Trinajstić information content (AvgIpc) is 2.85. The molecule has 21 heavy (non-hydrogen) atoms. The molecule has 1 aliphatic carbocycles. The third-order valence-electron chi connectivity index (χ3n) is 5.20. The molecule has 0 aromatic heterocycles. The largest absolute Gasteiger partial charge is 0.381 e. The Kier molecular flexibility index (Phi) is 4.53. The summed E-state index contributed by atoms with van der Waals surface area (Å²) in [6, 6.07) is 4.63. The van der Waals surface area contributed by atoms with Crippen molar-refractivity contribution in [2.24, 2.45) is 5.41 Å². The Morgan fingerprint density at radius 3 is 3.00 bits per heavy atom. The lowest BCUT2D eigenvalue weighted by Crippen LogP contribution is -2.47. The minimum atomic E-state index is -0.211. The Morgan fingerprint density at radius 2 is 2.19 bits per heavy atom. The lowest BCUT2D eigenvalue weighted by atomic mass is 9.76. The van der Waals surface area contributed by atoms with Gasteiger partial charge < -0.3 is 4.74 Å². The number of likely N-dealkylation sites (tertiary alicyclic amines) is 1. The fourth-order valence-corrected chi connectivity index (χ4v) is 4.42. The fourth-order valence-electron chi connectivity index (χ4n) is 4.24. The van der Waals surface area contributed by atoms with Gasteiger partial charge in [-0.2, -0.15) is 0 Å². The van der Waals surface area contributed by atoms with Gasteiger partial charge in [-0.25, -0.2) is 4.39 Å². The van der Waals surface area contributed by atoms with E-state index in [1.54, 1.807) is 12.1 Å². The first-order valence-electron chi connectivity index (χ1n) is 7.82. The molecule has 3 rings (SSSR count). The number of nitrogens with zero attached hydrogens (tertiary/aromatic N) is 1. The van der Waals surface area contributed by atoms with Gasteiger partial charge in [0.25, 0.3) is 0 Å². The molecule has 2 aliphatic rings. The Labute approximate surface area is 131 Å². The topological polar surface area (TPSA) is 12.5 Å². The first kappa shape index (κ1) is 15.3. The number of benzene rings is 1. The molecule has 1 saturated carbocycles. The van der Waals surface area contributed by atoms with Crippen LogP contribution in [0, 0.1) is 11.2 Å². The van der Waals surface area contributed by atoms with Crippen LogP contribution in [-0.2, 0) is 11.3 Å². The van der Waals surface area contributed by atoms with Crippen LogP contribution in [0.25, 0.3) is 0 Å². The van der Waals surface area contributed by atoms with Crippen LogP contribution in [-0.4, -0.2) is 31.2 Å². The van der Waals surface area contributed by atoms with Crippen LogP contribution in [0.5, 0.6) is 0 Å². The van der Waals surface area contributed by atoms with Crippen LogP contribution >= 0.6 is 11.6 Å². The minimum Gasteiger partial charge on any atom is -0.381 e. The molecule has 1 aromatic carbocycles. The SMILES string of the molecule is CO[C@@H]1CCC[C@]12CCCN(Cc1cc(F)ccc1Cl)C2. The van der Waals surface area contributed by atoms with E-state index < -0.39 is 0 Å². The zero-order valence-corrected chi connectivity index (χ0v) is 13.3. The van der Waals surface area contributed by atoms with Crippen molar-refractivity contribution in [1.29, 1.82) is 0 Å². The van der Waals surface area contributed by atoms with Gasteiger partial charge in [0.05, 0.1) is 6.10 Å². The van der Waals surface area contributed by atoms with Crippen molar-refractivity contribution in [3.63, 3.8) is 0 Å². The Balaban J connectivity index is 1.73. The minimum absolute atomic E-state index is 0.211. The molecule has 4 heteroatoms. The molecule has 1 aliphatic heterocycles. The highest BCUT2D eigenvalue weighted by Gasteiger charge is 2.45. The average molecular weight is 312 g/mol.